The number of hydrogen-bond acceptors (Lipinski definition) is 2. The molecule has 2 heterocycles. The third-order valence-corrected chi connectivity index (χ3v) is 4.84. The van der Waals surface area contributed by atoms with Crippen molar-refractivity contribution in [3.8, 4) is 0 Å². The van der Waals surface area contributed by atoms with E-state index in [2.05, 4.69) is 4.98 Å². The summed E-state index contributed by atoms with van der Waals surface area (Å²) < 4.78 is 13.4. The number of pyridine rings is 1. The van der Waals surface area contributed by atoms with Crippen molar-refractivity contribution in [2.45, 2.75) is 19.0 Å². The summed E-state index contributed by atoms with van der Waals surface area (Å²) in [5.41, 5.74) is 2.61. The molecule has 0 unspecified atom stereocenters. The smallest absolute Gasteiger partial charge is 0.259 e. The summed E-state index contributed by atoms with van der Waals surface area (Å²) in [6.45, 7) is 0.413. The van der Waals surface area contributed by atoms with E-state index in [9.17, 15) is 14.0 Å². The third kappa shape index (κ3) is 3.12. The van der Waals surface area contributed by atoms with E-state index in [-0.39, 0.29) is 17.5 Å². The molecule has 0 bridgehead atoms. The highest BCUT2D eigenvalue weighted by molar-refractivity contribution is 5.97. The van der Waals surface area contributed by atoms with Crippen LogP contribution in [0.4, 0.5) is 4.39 Å². The molecule has 3 aromatic rings. The van der Waals surface area contributed by atoms with Crippen molar-refractivity contribution in [2.75, 3.05) is 13.1 Å². The number of H-pyrrole nitrogens is 1. The van der Waals surface area contributed by atoms with E-state index < -0.39 is 12.1 Å². The Morgan fingerprint density at radius 3 is 2.69 bits per heavy atom. The molecule has 1 aliphatic heterocycles. The summed E-state index contributed by atoms with van der Waals surface area (Å²) in [5, 5.41) is 0.486. The van der Waals surface area contributed by atoms with Crippen LogP contribution in [0.25, 0.3) is 10.9 Å². The van der Waals surface area contributed by atoms with Gasteiger partial charge in [-0.05, 0) is 36.1 Å². The topological polar surface area (TPSA) is 53.2 Å². The molecule has 1 fully saturated rings. The molecule has 1 saturated heterocycles. The molecular formula is C21H19FN2O2. The van der Waals surface area contributed by atoms with E-state index in [1.807, 2.05) is 48.5 Å². The van der Waals surface area contributed by atoms with Gasteiger partial charge < -0.3 is 9.88 Å². The summed E-state index contributed by atoms with van der Waals surface area (Å²) >= 11 is 0. The second-order valence-electron chi connectivity index (χ2n) is 6.71. The molecule has 1 atom stereocenters. The van der Waals surface area contributed by atoms with E-state index in [1.165, 1.54) is 11.1 Å². The summed E-state index contributed by atoms with van der Waals surface area (Å²) in [6, 6.07) is 15.7. The number of fused-ring (bicyclic) bond motifs is 1. The van der Waals surface area contributed by atoms with Gasteiger partial charge in [0.2, 0.25) is 5.43 Å². The number of benzene rings is 2. The van der Waals surface area contributed by atoms with Crippen LogP contribution < -0.4 is 5.43 Å². The maximum Gasteiger partial charge on any atom is 0.259 e. The number of aromatic amines is 1. The van der Waals surface area contributed by atoms with Crippen molar-refractivity contribution in [3.63, 3.8) is 0 Å². The first-order valence-electron chi connectivity index (χ1n) is 8.73. The van der Waals surface area contributed by atoms with Crippen LogP contribution in [0, 0.1) is 0 Å². The molecule has 26 heavy (non-hydrogen) atoms. The van der Waals surface area contributed by atoms with E-state index in [0.29, 0.717) is 30.3 Å². The highest BCUT2D eigenvalue weighted by atomic mass is 18.2. The minimum atomic E-state index is -1.00. The van der Waals surface area contributed by atoms with E-state index >= 15 is 0 Å². The molecule has 0 saturated carbocycles. The van der Waals surface area contributed by atoms with Gasteiger partial charge in [0.15, 0.2) is 0 Å². The fraction of sp³-hybridized carbons (Fsp3) is 0.238. The van der Waals surface area contributed by atoms with Crippen molar-refractivity contribution in [2.24, 2.45) is 0 Å². The van der Waals surface area contributed by atoms with Gasteiger partial charge in [-0.25, -0.2) is 4.39 Å². The van der Waals surface area contributed by atoms with Crippen LogP contribution in [-0.2, 0) is 6.42 Å². The first-order chi connectivity index (χ1) is 12.6. The number of nitrogens with zero attached hydrogens (tertiary/aromatic N) is 1. The van der Waals surface area contributed by atoms with Crippen LogP contribution in [-0.4, -0.2) is 35.1 Å². The summed E-state index contributed by atoms with van der Waals surface area (Å²) in [5.74, 6) is -0.401. The van der Waals surface area contributed by atoms with Crippen LogP contribution in [0.1, 0.15) is 27.9 Å². The Morgan fingerprint density at radius 2 is 1.96 bits per heavy atom. The van der Waals surface area contributed by atoms with Gasteiger partial charge in [-0.3, -0.25) is 9.59 Å². The van der Waals surface area contributed by atoms with Gasteiger partial charge in [0.1, 0.15) is 11.7 Å². The number of rotatable bonds is 3. The average Bonchev–Trinajstić information content (AvgIpc) is 3.09. The van der Waals surface area contributed by atoms with E-state index in [1.54, 1.807) is 0 Å². The number of alkyl halides is 1. The van der Waals surface area contributed by atoms with Gasteiger partial charge in [-0.15, -0.1) is 0 Å². The maximum atomic E-state index is 13.4. The average molecular weight is 349 g/mol. The number of aromatic nitrogens is 1. The zero-order valence-corrected chi connectivity index (χ0v) is 14.2. The van der Waals surface area contributed by atoms with Crippen LogP contribution in [0.5, 0.6) is 0 Å². The maximum absolute atomic E-state index is 13.4. The molecule has 1 N–H and O–H groups in total. The molecule has 1 amide bonds. The highest BCUT2D eigenvalue weighted by Gasteiger charge is 2.28. The summed E-state index contributed by atoms with van der Waals surface area (Å²) in [6.07, 6.45) is 1.48. The standard InChI is InChI=1S/C21H19FN2O2/c22-16-8-9-24(13-16)21(26)18-12-23-19-7-6-15(11-17(19)20(18)25)10-14-4-2-1-3-5-14/h1-7,11-12,16H,8-10,13H2,(H,23,25)/t16-/m0/s1/i22-1. The Morgan fingerprint density at radius 1 is 1.15 bits per heavy atom. The van der Waals surface area contributed by atoms with Crippen molar-refractivity contribution in [1.29, 1.82) is 0 Å². The van der Waals surface area contributed by atoms with Crippen molar-refractivity contribution < 1.29 is 9.18 Å². The summed E-state index contributed by atoms with van der Waals surface area (Å²) in [7, 11) is 0. The van der Waals surface area contributed by atoms with Gasteiger partial charge in [0.05, 0.1) is 6.54 Å². The van der Waals surface area contributed by atoms with E-state index in [4.69, 9.17) is 0 Å². The first kappa shape index (κ1) is 16.5. The molecule has 132 valence electrons. The lowest BCUT2D eigenvalue weighted by molar-refractivity contribution is 0.0781. The zero-order chi connectivity index (χ0) is 18.1. The monoisotopic (exact) mass is 349 g/mol. The van der Waals surface area contributed by atoms with E-state index in [0.717, 1.165) is 11.1 Å². The molecule has 1 aliphatic rings. The molecule has 5 heteroatoms. The number of halogens is 1. The lowest BCUT2D eigenvalue weighted by Gasteiger charge is -2.15. The van der Waals surface area contributed by atoms with Gasteiger partial charge in [0.25, 0.3) is 5.91 Å². The quantitative estimate of drug-likeness (QED) is 0.789. The number of amides is 1. The molecular weight excluding hydrogens is 330 g/mol. The predicted octanol–water partition coefficient (Wildman–Crippen LogP) is 3.30. The molecule has 0 aliphatic carbocycles. The Bertz CT molecular complexity index is 1010. The molecule has 4 rings (SSSR count). The van der Waals surface area contributed by atoms with Crippen LogP contribution in [0.3, 0.4) is 0 Å². The van der Waals surface area contributed by atoms with Gasteiger partial charge in [-0.1, -0.05) is 36.4 Å². The zero-order valence-electron chi connectivity index (χ0n) is 14.2. The molecule has 0 radical (unpaired) electrons. The second-order valence-corrected chi connectivity index (χ2v) is 6.71. The number of hydrogen-bond donors (Lipinski definition) is 1. The number of nitrogens with one attached hydrogen (secondary N) is 1. The minimum absolute atomic E-state index is 0.0599. The highest BCUT2D eigenvalue weighted by Crippen LogP contribution is 2.18. The number of carbonyl (C=O) groups excluding carboxylic acids is 1. The Hall–Kier alpha value is -2.95. The van der Waals surface area contributed by atoms with Gasteiger partial charge in [0, 0.05) is 23.6 Å². The van der Waals surface area contributed by atoms with Crippen LogP contribution >= 0.6 is 0 Å². The first-order valence-corrected chi connectivity index (χ1v) is 8.73. The van der Waals surface area contributed by atoms with Crippen molar-refractivity contribution in [3.05, 3.63) is 81.6 Å². The SMILES string of the molecule is O=C(c1c[nH]c2ccc(Cc3ccccc3)cc2c1=O)N1CC[C@H]([18F])C1. The minimum Gasteiger partial charge on any atom is -0.360 e. The number of carbonyl (C=O) groups is 1. The summed E-state index contributed by atoms with van der Waals surface area (Å²) in [4.78, 5) is 29.9. The van der Waals surface area contributed by atoms with Crippen molar-refractivity contribution >= 4 is 16.8 Å². The lowest BCUT2D eigenvalue weighted by atomic mass is 10.0. The van der Waals surface area contributed by atoms with Gasteiger partial charge in [-0.2, -0.15) is 0 Å². The molecule has 0 spiro atoms. The van der Waals surface area contributed by atoms with Crippen molar-refractivity contribution in [1.82, 2.24) is 9.88 Å². The fourth-order valence-electron chi connectivity index (χ4n) is 3.44. The molecule has 4 nitrogen and oxygen atoms in total. The Balaban J connectivity index is 1.69. The lowest BCUT2D eigenvalue weighted by Crippen LogP contribution is -2.32. The Labute approximate surface area is 150 Å². The normalized spacial score (nSPS) is 17.0. The largest absolute Gasteiger partial charge is 0.360 e. The fourth-order valence-corrected chi connectivity index (χ4v) is 3.44. The number of likely N-dealkylation sites (tertiary alicyclic amines) is 1. The molecule has 1 aromatic heterocycles. The van der Waals surface area contributed by atoms with Crippen LogP contribution in [0.2, 0.25) is 0 Å². The third-order valence-electron chi connectivity index (χ3n) is 4.84. The second kappa shape index (κ2) is 6.75. The predicted molar refractivity (Wildman–Crippen MR) is 99.2 cm³/mol. The van der Waals surface area contributed by atoms with Crippen LogP contribution in [0.15, 0.2) is 59.5 Å². The van der Waals surface area contributed by atoms with Gasteiger partial charge >= 0.3 is 0 Å². The molecule has 2 aromatic carbocycles. The Kier molecular flexibility index (Phi) is 4.29.